The Bertz CT molecular complexity index is 619. The largest absolute Gasteiger partial charge is 0.395 e. The Morgan fingerprint density at radius 3 is 2.57 bits per heavy atom. The Morgan fingerprint density at radius 1 is 1.19 bits per heavy atom. The van der Waals surface area contributed by atoms with Gasteiger partial charge in [0, 0.05) is 17.6 Å². The summed E-state index contributed by atoms with van der Waals surface area (Å²) in [6.07, 6.45) is 0. The predicted molar refractivity (Wildman–Crippen MR) is 87.4 cm³/mol. The second-order valence-corrected chi connectivity index (χ2v) is 5.88. The van der Waals surface area contributed by atoms with E-state index in [2.05, 4.69) is 15.9 Å². The van der Waals surface area contributed by atoms with E-state index in [1.54, 1.807) is 23.1 Å². The van der Waals surface area contributed by atoms with E-state index >= 15 is 0 Å². The van der Waals surface area contributed by atoms with Crippen molar-refractivity contribution in [1.29, 1.82) is 0 Å². The molecule has 0 bridgehead atoms. The topological polar surface area (TPSA) is 40.5 Å². The summed E-state index contributed by atoms with van der Waals surface area (Å²) < 4.78 is 0.791. The van der Waals surface area contributed by atoms with E-state index in [9.17, 15) is 9.90 Å². The predicted octanol–water partition coefficient (Wildman–Crippen LogP) is 3.74. The van der Waals surface area contributed by atoms with Crippen LogP contribution in [-0.2, 0) is 6.54 Å². The summed E-state index contributed by atoms with van der Waals surface area (Å²) in [7, 11) is 0. The lowest BCUT2D eigenvalue weighted by molar-refractivity contribution is 0.0708. The van der Waals surface area contributed by atoms with Crippen molar-refractivity contribution in [3.05, 3.63) is 69.2 Å². The maximum atomic E-state index is 12.6. The summed E-state index contributed by atoms with van der Waals surface area (Å²) >= 11 is 9.45. The molecule has 1 amide bonds. The first-order valence-corrected chi connectivity index (χ1v) is 7.68. The van der Waals surface area contributed by atoms with Crippen LogP contribution >= 0.6 is 27.5 Å². The first-order valence-electron chi connectivity index (χ1n) is 6.51. The highest BCUT2D eigenvalue weighted by molar-refractivity contribution is 9.10. The van der Waals surface area contributed by atoms with Gasteiger partial charge in [0.2, 0.25) is 0 Å². The van der Waals surface area contributed by atoms with Crippen molar-refractivity contribution in [1.82, 2.24) is 4.90 Å². The highest BCUT2D eigenvalue weighted by atomic mass is 79.9. The molecular weight excluding hydrogens is 354 g/mol. The van der Waals surface area contributed by atoms with Crippen LogP contribution in [0.2, 0.25) is 5.02 Å². The summed E-state index contributed by atoms with van der Waals surface area (Å²) in [5.74, 6) is -0.195. The average Bonchev–Trinajstić information content (AvgIpc) is 2.49. The van der Waals surface area contributed by atoms with Crippen molar-refractivity contribution in [3.8, 4) is 0 Å². The fraction of sp³-hybridized carbons (Fsp3) is 0.188. The molecule has 110 valence electrons. The van der Waals surface area contributed by atoms with Gasteiger partial charge in [0.1, 0.15) is 0 Å². The normalized spacial score (nSPS) is 10.4. The van der Waals surface area contributed by atoms with Crippen LogP contribution in [0.1, 0.15) is 15.9 Å². The lowest BCUT2D eigenvalue weighted by Crippen LogP contribution is -2.33. The van der Waals surface area contributed by atoms with Crippen LogP contribution in [0.15, 0.2) is 53.0 Å². The van der Waals surface area contributed by atoms with Gasteiger partial charge in [-0.2, -0.15) is 0 Å². The monoisotopic (exact) mass is 367 g/mol. The van der Waals surface area contributed by atoms with Crippen LogP contribution in [0.25, 0.3) is 0 Å². The van der Waals surface area contributed by atoms with E-state index in [0.717, 1.165) is 10.0 Å². The van der Waals surface area contributed by atoms with Gasteiger partial charge in [-0.05, 0) is 23.8 Å². The molecule has 0 saturated carbocycles. The fourth-order valence-corrected chi connectivity index (χ4v) is 2.57. The third kappa shape index (κ3) is 4.30. The maximum absolute atomic E-state index is 12.6. The van der Waals surface area contributed by atoms with E-state index < -0.39 is 0 Å². The molecule has 0 fully saturated rings. The number of carbonyl (C=O) groups is 1. The lowest BCUT2D eigenvalue weighted by atomic mass is 10.1. The SMILES string of the molecule is O=C(c1cc(Br)ccc1Cl)N(CCO)Cc1ccccc1. The number of amides is 1. The number of hydrogen-bond donors (Lipinski definition) is 1. The number of halogens is 2. The number of nitrogens with zero attached hydrogens (tertiary/aromatic N) is 1. The van der Waals surface area contributed by atoms with Crippen molar-refractivity contribution in [3.63, 3.8) is 0 Å². The van der Waals surface area contributed by atoms with E-state index in [-0.39, 0.29) is 19.1 Å². The van der Waals surface area contributed by atoms with Crippen molar-refractivity contribution in [2.24, 2.45) is 0 Å². The van der Waals surface area contributed by atoms with Crippen molar-refractivity contribution in [2.45, 2.75) is 6.54 Å². The van der Waals surface area contributed by atoms with Gasteiger partial charge in [-0.25, -0.2) is 0 Å². The molecule has 0 radical (unpaired) electrons. The molecule has 0 aliphatic rings. The molecule has 2 aromatic rings. The van der Waals surface area contributed by atoms with Gasteiger partial charge in [0.15, 0.2) is 0 Å². The fourth-order valence-electron chi connectivity index (χ4n) is 2.01. The molecule has 0 aromatic heterocycles. The Hall–Kier alpha value is -1.36. The van der Waals surface area contributed by atoms with E-state index in [1.165, 1.54) is 0 Å². The molecule has 0 spiro atoms. The number of aliphatic hydroxyl groups is 1. The smallest absolute Gasteiger partial charge is 0.255 e. The van der Waals surface area contributed by atoms with Crippen LogP contribution in [0.3, 0.4) is 0 Å². The molecule has 0 saturated heterocycles. The first kappa shape index (κ1) is 16.0. The molecule has 0 unspecified atom stereocenters. The van der Waals surface area contributed by atoms with Crippen LogP contribution in [-0.4, -0.2) is 29.1 Å². The number of benzene rings is 2. The molecule has 0 heterocycles. The van der Waals surface area contributed by atoms with Gasteiger partial charge in [0.05, 0.1) is 17.2 Å². The van der Waals surface area contributed by atoms with Crippen LogP contribution in [0.5, 0.6) is 0 Å². The van der Waals surface area contributed by atoms with Gasteiger partial charge in [-0.3, -0.25) is 4.79 Å². The third-order valence-corrected chi connectivity index (χ3v) is 3.86. The van der Waals surface area contributed by atoms with E-state index in [0.29, 0.717) is 17.1 Å². The summed E-state index contributed by atoms with van der Waals surface area (Å²) in [5, 5.41) is 9.60. The Labute approximate surface area is 137 Å². The summed E-state index contributed by atoms with van der Waals surface area (Å²) in [6.45, 7) is 0.601. The molecule has 2 rings (SSSR count). The van der Waals surface area contributed by atoms with E-state index in [4.69, 9.17) is 11.6 Å². The molecule has 2 aromatic carbocycles. The second-order valence-electron chi connectivity index (χ2n) is 4.56. The molecule has 3 nitrogen and oxygen atoms in total. The van der Waals surface area contributed by atoms with E-state index in [1.807, 2.05) is 30.3 Å². The zero-order valence-electron chi connectivity index (χ0n) is 11.3. The molecule has 0 atom stereocenters. The Balaban J connectivity index is 2.25. The zero-order chi connectivity index (χ0) is 15.2. The highest BCUT2D eigenvalue weighted by Crippen LogP contribution is 2.23. The van der Waals surface area contributed by atoms with Crippen LogP contribution in [0.4, 0.5) is 0 Å². The Kier molecular flexibility index (Phi) is 5.79. The van der Waals surface area contributed by atoms with Crippen molar-refractivity contribution in [2.75, 3.05) is 13.2 Å². The third-order valence-electron chi connectivity index (χ3n) is 3.03. The molecule has 21 heavy (non-hydrogen) atoms. The quantitative estimate of drug-likeness (QED) is 0.873. The first-order chi connectivity index (χ1) is 10.1. The number of hydrogen-bond acceptors (Lipinski definition) is 2. The molecular formula is C16H15BrClNO2. The molecule has 0 aliphatic heterocycles. The van der Waals surface area contributed by atoms with Gasteiger partial charge in [-0.15, -0.1) is 0 Å². The molecule has 0 aliphatic carbocycles. The molecule has 1 N–H and O–H groups in total. The van der Waals surface area contributed by atoms with Gasteiger partial charge in [-0.1, -0.05) is 57.9 Å². The summed E-state index contributed by atoms with van der Waals surface area (Å²) in [6, 6.07) is 14.8. The molecule has 5 heteroatoms. The number of rotatable bonds is 5. The number of carbonyl (C=O) groups excluding carboxylic acids is 1. The summed E-state index contributed by atoms with van der Waals surface area (Å²) in [5.41, 5.74) is 1.43. The maximum Gasteiger partial charge on any atom is 0.255 e. The average molecular weight is 369 g/mol. The number of aliphatic hydroxyl groups excluding tert-OH is 1. The Morgan fingerprint density at radius 2 is 1.90 bits per heavy atom. The van der Waals surface area contributed by atoms with Gasteiger partial charge >= 0.3 is 0 Å². The van der Waals surface area contributed by atoms with Crippen molar-refractivity contribution < 1.29 is 9.90 Å². The van der Waals surface area contributed by atoms with Gasteiger partial charge < -0.3 is 10.0 Å². The minimum absolute atomic E-state index is 0.0931. The second kappa shape index (κ2) is 7.59. The zero-order valence-corrected chi connectivity index (χ0v) is 13.6. The highest BCUT2D eigenvalue weighted by Gasteiger charge is 2.18. The standard InChI is InChI=1S/C16H15BrClNO2/c17-13-6-7-15(18)14(10-13)16(21)19(8-9-20)11-12-4-2-1-3-5-12/h1-7,10,20H,8-9,11H2. The van der Waals surface area contributed by atoms with Crippen molar-refractivity contribution >= 4 is 33.4 Å². The van der Waals surface area contributed by atoms with Crippen LogP contribution in [0, 0.1) is 0 Å². The minimum atomic E-state index is -0.195. The van der Waals surface area contributed by atoms with Crippen LogP contribution < -0.4 is 0 Å². The lowest BCUT2D eigenvalue weighted by Gasteiger charge is -2.22. The minimum Gasteiger partial charge on any atom is -0.395 e. The van der Waals surface area contributed by atoms with Gasteiger partial charge in [0.25, 0.3) is 5.91 Å². The summed E-state index contributed by atoms with van der Waals surface area (Å²) in [4.78, 5) is 14.2.